The highest BCUT2D eigenvalue weighted by Gasteiger charge is 2.06. The molecule has 0 fully saturated rings. The molecule has 6 heteroatoms. The maximum absolute atomic E-state index is 5.81. The van der Waals surface area contributed by atoms with Gasteiger partial charge in [-0.15, -0.1) is 0 Å². The third-order valence-corrected chi connectivity index (χ3v) is 4.87. The summed E-state index contributed by atoms with van der Waals surface area (Å²) in [7, 11) is 0. The van der Waals surface area contributed by atoms with Crippen molar-refractivity contribution in [1.29, 1.82) is 0 Å². The van der Waals surface area contributed by atoms with Crippen LogP contribution in [0.2, 0.25) is 0 Å². The van der Waals surface area contributed by atoms with Crippen molar-refractivity contribution in [2.75, 3.05) is 5.73 Å². The predicted octanol–water partition coefficient (Wildman–Crippen LogP) is 4.04. The van der Waals surface area contributed by atoms with Crippen molar-refractivity contribution in [3.05, 3.63) is 71.8 Å². The molecule has 0 radical (unpaired) electrons. The molecule has 0 saturated carbocycles. The summed E-state index contributed by atoms with van der Waals surface area (Å²) in [5, 5.41) is 1.33. The van der Waals surface area contributed by atoms with E-state index in [9.17, 15) is 0 Å². The van der Waals surface area contributed by atoms with Crippen LogP contribution in [-0.4, -0.2) is 15.0 Å². The molecule has 1 heterocycles. The zero-order chi connectivity index (χ0) is 15.9. The van der Waals surface area contributed by atoms with Crippen molar-refractivity contribution in [3.63, 3.8) is 0 Å². The number of hydrogen-bond donors (Lipinski definition) is 1. The largest absolute Gasteiger partial charge is 0.368 e. The molecule has 0 unspecified atom stereocenters. The van der Waals surface area contributed by atoms with Gasteiger partial charge in [0.1, 0.15) is 0 Å². The average molecular weight is 340 g/mol. The van der Waals surface area contributed by atoms with Gasteiger partial charge in [-0.05, 0) is 11.1 Å². The van der Waals surface area contributed by atoms with E-state index in [1.165, 1.54) is 11.1 Å². The second-order valence-corrected chi connectivity index (χ2v) is 6.69. The Morgan fingerprint density at radius 3 is 1.52 bits per heavy atom. The molecule has 3 rings (SSSR count). The van der Waals surface area contributed by atoms with Crippen molar-refractivity contribution in [2.24, 2.45) is 0 Å². The summed E-state index contributed by atoms with van der Waals surface area (Å²) in [6, 6.07) is 20.5. The number of nitrogen functional groups attached to an aromatic ring is 1. The van der Waals surface area contributed by atoms with E-state index in [1.54, 1.807) is 23.5 Å². The van der Waals surface area contributed by atoms with Gasteiger partial charge >= 0.3 is 0 Å². The molecule has 0 amide bonds. The number of thioether (sulfide) groups is 2. The molecule has 2 N–H and O–H groups in total. The molecule has 0 aliphatic rings. The molecule has 2 aromatic carbocycles. The first-order valence-electron chi connectivity index (χ1n) is 7.14. The zero-order valence-corrected chi connectivity index (χ0v) is 14.1. The zero-order valence-electron chi connectivity index (χ0n) is 12.4. The number of benzene rings is 2. The number of anilines is 1. The van der Waals surface area contributed by atoms with E-state index >= 15 is 0 Å². The van der Waals surface area contributed by atoms with Crippen LogP contribution in [0.15, 0.2) is 71.0 Å². The molecule has 0 aliphatic heterocycles. The van der Waals surface area contributed by atoms with Crippen LogP contribution in [0.3, 0.4) is 0 Å². The fraction of sp³-hybridized carbons (Fsp3) is 0.118. The van der Waals surface area contributed by atoms with E-state index < -0.39 is 0 Å². The number of hydrogen-bond acceptors (Lipinski definition) is 6. The first-order valence-corrected chi connectivity index (χ1v) is 9.12. The summed E-state index contributed by atoms with van der Waals surface area (Å²) in [5.41, 5.74) is 8.27. The van der Waals surface area contributed by atoms with Gasteiger partial charge in [-0.2, -0.15) is 15.0 Å². The van der Waals surface area contributed by atoms with Gasteiger partial charge in [0.05, 0.1) is 0 Å². The number of nitrogens with zero attached hydrogens (tertiary/aromatic N) is 3. The topological polar surface area (TPSA) is 64.7 Å². The highest BCUT2D eigenvalue weighted by molar-refractivity contribution is 7.99. The van der Waals surface area contributed by atoms with Crippen molar-refractivity contribution in [3.8, 4) is 0 Å². The molecule has 1 aromatic heterocycles. The molecule has 0 bridgehead atoms. The standard InChI is InChI=1S/C17H16N4S2/c18-15-19-16(22-11-13-7-3-1-4-8-13)21-17(20-15)23-12-14-9-5-2-6-10-14/h1-10H,11-12H2,(H2,18,19,20,21). The lowest BCUT2D eigenvalue weighted by molar-refractivity contribution is 0.813. The number of nitrogens with two attached hydrogens (primary N) is 1. The van der Waals surface area contributed by atoms with E-state index in [4.69, 9.17) is 5.73 Å². The second kappa shape index (κ2) is 7.99. The van der Waals surface area contributed by atoms with Crippen LogP contribution in [0.4, 0.5) is 5.95 Å². The minimum Gasteiger partial charge on any atom is -0.368 e. The Morgan fingerprint density at radius 2 is 1.09 bits per heavy atom. The Kier molecular flexibility index (Phi) is 5.50. The third-order valence-electron chi connectivity index (χ3n) is 3.03. The Balaban J connectivity index is 1.64. The van der Waals surface area contributed by atoms with Gasteiger partial charge < -0.3 is 5.73 Å². The molecule has 0 atom stereocenters. The Hall–Kier alpha value is -2.05. The molecule has 0 spiro atoms. The maximum Gasteiger partial charge on any atom is 0.225 e. The maximum atomic E-state index is 5.81. The quantitative estimate of drug-likeness (QED) is 0.683. The molecule has 116 valence electrons. The van der Waals surface area contributed by atoms with E-state index in [2.05, 4.69) is 39.2 Å². The number of aromatic nitrogens is 3. The minimum absolute atomic E-state index is 0.270. The van der Waals surface area contributed by atoms with Gasteiger partial charge in [0.25, 0.3) is 0 Å². The summed E-state index contributed by atoms with van der Waals surface area (Å²) >= 11 is 3.14. The highest BCUT2D eigenvalue weighted by atomic mass is 32.2. The van der Waals surface area contributed by atoms with Gasteiger partial charge in [-0.3, -0.25) is 0 Å². The summed E-state index contributed by atoms with van der Waals surface area (Å²) in [5.74, 6) is 1.89. The van der Waals surface area contributed by atoms with Crippen molar-refractivity contribution in [2.45, 2.75) is 21.8 Å². The Labute approximate surface area is 144 Å². The molecule has 3 aromatic rings. The summed E-state index contributed by atoms with van der Waals surface area (Å²) in [6.45, 7) is 0. The van der Waals surface area contributed by atoms with Gasteiger partial charge in [0.2, 0.25) is 5.95 Å². The highest BCUT2D eigenvalue weighted by Crippen LogP contribution is 2.24. The van der Waals surface area contributed by atoms with Gasteiger partial charge in [-0.25, -0.2) is 0 Å². The van der Waals surface area contributed by atoms with Crippen molar-refractivity contribution in [1.82, 2.24) is 15.0 Å². The molecule has 0 aliphatic carbocycles. The van der Waals surface area contributed by atoms with Gasteiger partial charge in [-0.1, -0.05) is 84.2 Å². The monoisotopic (exact) mass is 340 g/mol. The van der Waals surface area contributed by atoms with Crippen LogP contribution in [0.1, 0.15) is 11.1 Å². The molecular weight excluding hydrogens is 324 g/mol. The third kappa shape index (κ3) is 4.97. The SMILES string of the molecule is Nc1nc(SCc2ccccc2)nc(SCc2ccccc2)n1. The first-order chi connectivity index (χ1) is 11.3. The minimum atomic E-state index is 0.270. The van der Waals surface area contributed by atoms with Gasteiger partial charge in [0, 0.05) is 11.5 Å². The molecule has 0 saturated heterocycles. The van der Waals surface area contributed by atoms with E-state index in [1.807, 2.05) is 36.4 Å². The van der Waals surface area contributed by atoms with E-state index in [0.717, 1.165) is 11.5 Å². The smallest absolute Gasteiger partial charge is 0.225 e. The van der Waals surface area contributed by atoms with Crippen molar-refractivity contribution < 1.29 is 0 Å². The van der Waals surface area contributed by atoms with Crippen molar-refractivity contribution >= 4 is 29.5 Å². The first kappa shape index (κ1) is 15.8. The lowest BCUT2D eigenvalue weighted by Crippen LogP contribution is -2.01. The van der Waals surface area contributed by atoms with Crippen LogP contribution >= 0.6 is 23.5 Å². The second-order valence-electron chi connectivity index (χ2n) is 4.81. The fourth-order valence-corrected chi connectivity index (χ4v) is 3.58. The van der Waals surface area contributed by atoms with Gasteiger partial charge in [0.15, 0.2) is 10.3 Å². The fourth-order valence-electron chi connectivity index (χ4n) is 1.93. The van der Waals surface area contributed by atoms with Crippen LogP contribution in [0.5, 0.6) is 0 Å². The van der Waals surface area contributed by atoms with Crippen LogP contribution in [0, 0.1) is 0 Å². The predicted molar refractivity (Wildman–Crippen MR) is 96.2 cm³/mol. The molecule has 4 nitrogen and oxygen atoms in total. The van der Waals surface area contributed by atoms with Crippen LogP contribution in [0.25, 0.3) is 0 Å². The Bertz CT molecular complexity index is 689. The lowest BCUT2D eigenvalue weighted by Gasteiger charge is -2.05. The normalized spacial score (nSPS) is 10.6. The number of rotatable bonds is 6. The summed E-state index contributed by atoms with van der Waals surface area (Å²) in [6.07, 6.45) is 0. The van der Waals surface area contributed by atoms with Crippen LogP contribution < -0.4 is 5.73 Å². The lowest BCUT2D eigenvalue weighted by atomic mass is 10.2. The molecular formula is C17H16N4S2. The summed E-state index contributed by atoms with van der Waals surface area (Å²) < 4.78 is 0. The van der Waals surface area contributed by atoms with E-state index in [-0.39, 0.29) is 5.95 Å². The summed E-state index contributed by atoms with van der Waals surface area (Å²) in [4.78, 5) is 12.9. The van der Waals surface area contributed by atoms with E-state index in [0.29, 0.717) is 10.3 Å². The average Bonchev–Trinajstić information content (AvgIpc) is 2.60. The molecule has 23 heavy (non-hydrogen) atoms. The van der Waals surface area contributed by atoms with Crippen LogP contribution in [-0.2, 0) is 11.5 Å². The Morgan fingerprint density at radius 1 is 0.652 bits per heavy atom.